The highest BCUT2D eigenvalue weighted by Crippen LogP contribution is 2.33. The molecule has 1 aromatic carbocycles. The highest BCUT2D eigenvalue weighted by Gasteiger charge is 2.28. The van der Waals surface area contributed by atoms with Crippen LogP contribution in [-0.2, 0) is 0 Å². The lowest BCUT2D eigenvalue weighted by Gasteiger charge is -2.31. The molecule has 0 aliphatic heterocycles. The monoisotopic (exact) mass is 347 g/mol. The molecule has 0 spiro atoms. The van der Waals surface area contributed by atoms with E-state index in [9.17, 15) is 5.11 Å². The van der Waals surface area contributed by atoms with Crippen LogP contribution >= 0.6 is 28.3 Å². The first-order valence-electron chi connectivity index (χ1n) is 6.79. The van der Waals surface area contributed by atoms with Crippen molar-refractivity contribution < 1.29 is 5.11 Å². The van der Waals surface area contributed by atoms with Gasteiger partial charge in [0, 0.05) is 4.47 Å². The Hall–Kier alpha value is -0.0900. The minimum Gasteiger partial charge on any atom is -0.391 e. The van der Waals surface area contributed by atoms with E-state index in [0.717, 1.165) is 22.9 Å². The third kappa shape index (κ3) is 4.19. The number of aliphatic hydroxyl groups excluding tert-OH is 1. The standard InChI is InChI=1S/C15H22BrNO.ClH/c1-10-7-8-12(13(16)9-10)14(17)15(18)11-5-3-2-4-6-11;/h7-9,11,14-15,18H,2-6,17H2,1H3;1H/t14-,15+;/m0./s1. The summed E-state index contributed by atoms with van der Waals surface area (Å²) in [4.78, 5) is 0. The Kier molecular flexibility index (Phi) is 6.81. The van der Waals surface area contributed by atoms with Crippen LogP contribution in [-0.4, -0.2) is 11.2 Å². The van der Waals surface area contributed by atoms with E-state index in [2.05, 4.69) is 28.9 Å². The molecule has 0 amide bonds. The number of benzene rings is 1. The van der Waals surface area contributed by atoms with E-state index in [1.165, 1.54) is 24.8 Å². The van der Waals surface area contributed by atoms with Gasteiger partial charge in [-0.15, -0.1) is 12.4 Å². The molecule has 0 aromatic heterocycles. The first-order chi connectivity index (χ1) is 8.59. The molecule has 0 heterocycles. The zero-order valence-corrected chi connectivity index (χ0v) is 13.7. The summed E-state index contributed by atoms with van der Waals surface area (Å²) in [6.07, 6.45) is 5.54. The zero-order chi connectivity index (χ0) is 13.1. The van der Waals surface area contributed by atoms with E-state index >= 15 is 0 Å². The van der Waals surface area contributed by atoms with Crippen LogP contribution in [0.15, 0.2) is 22.7 Å². The van der Waals surface area contributed by atoms with Crippen LogP contribution < -0.4 is 5.73 Å². The molecule has 0 unspecified atom stereocenters. The maximum absolute atomic E-state index is 10.4. The normalized spacial score (nSPS) is 19.6. The number of nitrogens with two attached hydrogens (primary N) is 1. The molecule has 2 rings (SSSR count). The fourth-order valence-electron chi connectivity index (χ4n) is 2.86. The molecule has 1 saturated carbocycles. The van der Waals surface area contributed by atoms with Crippen molar-refractivity contribution in [3.05, 3.63) is 33.8 Å². The van der Waals surface area contributed by atoms with Gasteiger partial charge in [0.05, 0.1) is 12.1 Å². The van der Waals surface area contributed by atoms with Gasteiger partial charge in [0.2, 0.25) is 0 Å². The molecular weight excluding hydrogens is 326 g/mol. The van der Waals surface area contributed by atoms with Gasteiger partial charge in [-0.3, -0.25) is 0 Å². The zero-order valence-electron chi connectivity index (χ0n) is 11.3. The van der Waals surface area contributed by atoms with Gasteiger partial charge < -0.3 is 10.8 Å². The van der Waals surface area contributed by atoms with Crippen molar-refractivity contribution in [3.63, 3.8) is 0 Å². The number of halogens is 2. The molecule has 1 aliphatic rings. The van der Waals surface area contributed by atoms with E-state index in [0.29, 0.717) is 5.92 Å². The van der Waals surface area contributed by atoms with E-state index in [1.807, 2.05) is 12.1 Å². The molecule has 0 saturated heterocycles. The van der Waals surface area contributed by atoms with Crippen LogP contribution in [0.4, 0.5) is 0 Å². The molecular formula is C15H23BrClNO. The first kappa shape index (κ1) is 17.0. The SMILES string of the molecule is Cc1ccc([C@H](N)[C@H](O)C2CCCCC2)c(Br)c1.Cl. The third-order valence-corrected chi connectivity index (χ3v) is 4.70. The second-order valence-corrected chi connectivity index (χ2v) is 6.29. The van der Waals surface area contributed by atoms with Crippen molar-refractivity contribution in [3.8, 4) is 0 Å². The Bertz CT molecular complexity index is 407. The highest BCUT2D eigenvalue weighted by atomic mass is 79.9. The first-order valence-corrected chi connectivity index (χ1v) is 7.58. The summed E-state index contributed by atoms with van der Waals surface area (Å²) >= 11 is 3.55. The molecule has 0 bridgehead atoms. The van der Waals surface area contributed by atoms with Crippen LogP contribution in [0.5, 0.6) is 0 Å². The van der Waals surface area contributed by atoms with Crippen LogP contribution in [0.25, 0.3) is 0 Å². The van der Waals surface area contributed by atoms with Gasteiger partial charge in [-0.05, 0) is 42.9 Å². The molecule has 19 heavy (non-hydrogen) atoms. The summed E-state index contributed by atoms with van der Waals surface area (Å²) < 4.78 is 1.00. The second-order valence-electron chi connectivity index (χ2n) is 5.44. The largest absolute Gasteiger partial charge is 0.391 e. The molecule has 1 fully saturated rings. The molecule has 108 valence electrons. The lowest BCUT2D eigenvalue weighted by molar-refractivity contribution is 0.0616. The Morgan fingerprint density at radius 3 is 2.47 bits per heavy atom. The molecule has 1 aliphatic carbocycles. The highest BCUT2D eigenvalue weighted by molar-refractivity contribution is 9.10. The molecule has 2 nitrogen and oxygen atoms in total. The minimum absolute atomic E-state index is 0. The summed E-state index contributed by atoms with van der Waals surface area (Å²) in [6, 6.07) is 5.84. The smallest absolute Gasteiger partial charge is 0.0761 e. The number of rotatable bonds is 3. The van der Waals surface area contributed by atoms with Crippen molar-refractivity contribution >= 4 is 28.3 Å². The van der Waals surface area contributed by atoms with E-state index in [-0.39, 0.29) is 18.4 Å². The van der Waals surface area contributed by atoms with Crippen molar-refractivity contribution in [1.82, 2.24) is 0 Å². The number of aryl methyl sites for hydroxylation is 1. The topological polar surface area (TPSA) is 46.2 Å². The molecule has 3 N–H and O–H groups in total. The van der Waals surface area contributed by atoms with Crippen LogP contribution in [0.2, 0.25) is 0 Å². The van der Waals surface area contributed by atoms with E-state index < -0.39 is 6.10 Å². The third-order valence-electron chi connectivity index (χ3n) is 4.02. The Labute approximate surface area is 130 Å². The van der Waals surface area contributed by atoms with E-state index in [4.69, 9.17) is 5.73 Å². The van der Waals surface area contributed by atoms with Gasteiger partial charge in [0.15, 0.2) is 0 Å². The number of aliphatic hydroxyl groups is 1. The van der Waals surface area contributed by atoms with Crippen LogP contribution in [0.1, 0.15) is 49.3 Å². The summed E-state index contributed by atoms with van der Waals surface area (Å²) in [5.41, 5.74) is 8.45. The summed E-state index contributed by atoms with van der Waals surface area (Å²) in [7, 11) is 0. The Balaban J connectivity index is 0.00000180. The average Bonchev–Trinajstić information content (AvgIpc) is 2.38. The quantitative estimate of drug-likeness (QED) is 0.863. The number of hydrogen-bond donors (Lipinski definition) is 2. The maximum atomic E-state index is 10.4. The lowest BCUT2D eigenvalue weighted by atomic mass is 9.81. The van der Waals surface area contributed by atoms with Crippen molar-refractivity contribution in [2.24, 2.45) is 11.7 Å². The van der Waals surface area contributed by atoms with Crippen molar-refractivity contribution in [2.75, 3.05) is 0 Å². The van der Waals surface area contributed by atoms with Crippen LogP contribution in [0.3, 0.4) is 0 Å². The Morgan fingerprint density at radius 1 is 1.26 bits per heavy atom. The van der Waals surface area contributed by atoms with Crippen molar-refractivity contribution in [2.45, 2.75) is 51.2 Å². The van der Waals surface area contributed by atoms with Gasteiger partial charge in [-0.1, -0.05) is 47.3 Å². The molecule has 0 radical (unpaired) electrons. The number of hydrogen-bond acceptors (Lipinski definition) is 2. The van der Waals surface area contributed by atoms with Gasteiger partial charge in [0.25, 0.3) is 0 Å². The second kappa shape index (κ2) is 7.63. The average molecular weight is 349 g/mol. The fourth-order valence-corrected chi connectivity index (χ4v) is 3.61. The molecule has 2 atom stereocenters. The lowest BCUT2D eigenvalue weighted by Crippen LogP contribution is -2.34. The summed E-state index contributed by atoms with van der Waals surface area (Å²) in [5, 5.41) is 10.4. The minimum atomic E-state index is -0.427. The summed E-state index contributed by atoms with van der Waals surface area (Å²) in [6.45, 7) is 2.05. The van der Waals surface area contributed by atoms with E-state index in [1.54, 1.807) is 0 Å². The van der Waals surface area contributed by atoms with Crippen molar-refractivity contribution in [1.29, 1.82) is 0 Å². The summed E-state index contributed by atoms with van der Waals surface area (Å²) in [5.74, 6) is 0.363. The molecule has 4 heteroatoms. The van der Waals surface area contributed by atoms with Crippen LogP contribution in [0, 0.1) is 12.8 Å². The van der Waals surface area contributed by atoms with Gasteiger partial charge in [-0.2, -0.15) is 0 Å². The maximum Gasteiger partial charge on any atom is 0.0761 e. The predicted molar refractivity (Wildman–Crippen MR) is 85.6 cm³/mol. The molecule has 1 aromatic rings. The van der Waals surface area contributed by atoms with Gasteiger partial charge >= 0.3 is 0 Å². The Morgan fingerprint density at radius 2 is 1.89 bits per heavy atom. The predicted octanol–water partition coefficient (Wildman–Crippen LogP) is 4.12. The fraction of sp³-hybridized carbons (Fsp3) is 0.600. The van der Waals surface area contributed by atoms with Gasteiger partial charge in [-0.25, -0.2) is 0 Å². The van der Waals surface area contributed by atoms with Gasteiger partial charge in [0.1, 0.15) is 0 Å².